The van der Waals surface area contributed by atoms with E-state index in [1.807, 2.05) is 30.3 Å². The minimum absolute atomic E-state index is 0.237. The van der Waals surface area contributed by atoms with Crippen molar-refractivity contribution in [3.8, 4) is 0 Å². The predicted molar refractivity (Wildman–Crippen MR) is 58.5 cm³/mol. The van der Waals surface area contributed by atoms with Gasteiger partial charge in [0.1, 0.15) is 12.8 Å². The quantitative estimate of drug-likeness (QED) is 0.735. The van der Waals surface area contributed by atoms with E-state index >= 15 is 0 Å². The molecule has 0 heterocycles. The summed E-state index contributed by atoms with van der Waals surface area (Å²) in [5.74, 6) is -0.497. The van der Waals surface area contributed by atoms with E-state index in [2.05, 4.69) is 0 Å². The molecule has 1 saturated carbocycles. The number of rotatable bonds is 3. The molecule has 0 amide bonds. The molecule has 0 radical (unpaired) electrons. The summed E-state index contributed by atoms with van der Waals surface area (Å²) in [4.78, 5) is 11.6. The fraction of sp³-hybridized carbons (Fsp3) is 0.462. The van der Waals surface area contributed by atoms with Gasteiger partial charge in [-0.15, -0.1) is 0 Å². The molecule has 0 bridgehead atoms. The minimum atomic E-state index is -0.825. The number of carbonyl (C=O) groups is 1. The van der Waals surface area contributed by atoms with Gasteiger partial charge in [-0.3, -0.25) is 4.79 Å². The molecule has 0 spiro atoms. The maximum atomic E-state index is 12.9. The third-order valence-electron chi connectivity index (χ3n) is 2.93. The zero-order valence-corrected chi connectivity index (χ0v) is 9.06. The van der Waals surface area contributed by atoms with E-state index in [-0.39, 0.29) is 18.5 Å². The number of alkyl halides is 1. The topological polar surface area (TPSA) is 26.3 Å². The second-order valence-electron chi connectivity index (χ2n) is 4.20. The van der Waals surface area contributed by atoms with E-state index in [4.69, 9.17) is 4.74 Å². The monoisotopic (exact) mass is 222 g/mol. The highest BCUT2D eigenvalue weighted by Gasteiger charge is 2.30. The van der Waals surface area contributed by atoms with Crippen molar-refractivity contribution in [2.45, 2.75) is 32.0 Å². The highest BCUT2D eigenvalue weighted by molar-refractivity contribution is 5.72. The van der Waals surface area contributed by atoms with Gasteiger partial charge in [-0.25, -0.2) is 4.39 Å². The first-order valence-corrected chi connectivity index (χ1v) is 5.60. The fourth-order valence-electron chi connectivity index (χ4n) is 1.99. The summed E-state index contributed by atoms with van der Waals surface area (Å²) >= 11 is 0. The van der Waals surface area contributed by atoms with Crippen LogP contribution < -0.4 is 0 Å². The summed E-state index contributed by atoms with van der Waals surface area (Å²) in [5, 5.41) is 0. The average Bonchev–Trinajstić information content (AvgIpc) is 2.74. The first-order valence-electron chi connectivity index (χ1n) is 5.60. The molecule has 1 unspecified atom stereocenters. The molecule has 1 aliphatic rings. The van der Waals surface area contributed by atoms with E-state index in [0.29, 0.717) is 19.3 Å². The fourth-order valence-corrected chi connectivity index (χ4v) is 1.99. The highest BCUT2D eigenvalue weighted by atomic mass is 19.1. The van der Waals surface area contributed by atoms with Crippen molar-refractivity contribution in [2.75, 3.05) is 0 Å². The van der Waals surface area contributed by atoms with Crippen LogP contribution in [0.1, 0.15) is 24.8 Å². The van der Waals surface area contributed by atoms with Crippen molar-refractivity contribution in [1.82, 2.24) is 0 Å². The van der Waals surface area contributed by atoms with Crippen LogP contribution >= 0.6 is 0 Å². The number of hydrogen-bond donors (Lipinski definition) is 0. The van der Waals surface area contributed by atoms with Gasteiger partial charge in [0.25, 0.3) is 0 Å². The van der Waals surface area contributed by atoms with Gasteiger partial charge in [0.15, 0.2) is 0 Å². The van der Waals surface area contributed by atoms with Crippen LogP contribution in [0.15, 0.2) is 30.3 Å². The molecule has 86 valence electrons. The maximum absolute atomic E-state index is 12.9. The number of benzene rings is 1. The number of halogens is 1. The lowest BCUT2D eigenvalue weighted by Gasteiger charge is -2.09. The van der Waals surface area contributed by atoms with Crippen LogP contribution in [0.5, 0.6) is 0 Å². The van der Waals surface area contributed by atoms with Gasteiger partial charge in [-0.05, 0) is 24.8 Å². The molecule has 3 heteroatoms. The Bertz CT molecular complexity index is 350. The van der Waals surface area contributed by atoms with Gasteiger partial charge >= 0.3 is 5.97 Å². The van der Waals surface area contributed by atoms with Crippen molar-refractivity contribution in [2.24, 2.45) is 5.92 Å². The summed E-state index contributed by atoms with van der Waals surface area (Å²) in [6, 6.07) is 9.52. The minimum Gasteiger partial charge on any atom is -0.461 e. The molecular formula is C13H15FO2. The number of hydrogen-bond acceptors (Lipinski definition) is 2. The Balaban J connectivity index is 1.80. The van der Waals surface area contributed by atoms with Gasteiger partial charge in [-0.1, -0.05) is 30.3 Å². The van der Waals surface area contributed by atoms with Gasteiger partial charge in [0.2, 0.25) is 0 Å². The van der Waals surface area contributed by atoms with E-state index in [1.165, 1.54) is 0 Å². The maximum Gasteiger partial charge on any atom is 0.309 e. The van der Waals surface area contributed by atoms with Crippen molar-refractivity contribution in [3.05, 3.63) is 35.9 Å². The zero-order chi connectivity index (χ0) is 11.4. The standard InChI is InChI=1S/C13H15FO2/c14-12-7-6-11(8-12)13(15)16-9-10-4-2-1-3-5-10/h1-5,11-12H,6-9H2/t11?,12-/m0/s1. The van der Waals surface area contributed by atoms with Crippen LogP contribution in [0.4, 0.5) is 4.39 Å². The molecular weight excluding hydrogens is 207 g/mol. The first-order chi connectivity index (χ1) is 7.75. The molecule has 0 aliphatic heterocycles. The smallest absolute Gasteiger partial charge is 0.309 e. The third kappa shape index (κ3) is 2.81. The summed E-state index contributed by atoms with van der Waals surface area (Å²) in [7, 11) is 0. The third-order valence-corrected chi connectivity index (χ3v) is 2.93. The second kappa shape index (κ2) is 5.10. The van der Waals surface area contributed by atoms with Crippen LogP contribution in [0.3, 0.4) is 0 Å². The zero-order valence-electron chi connectivity index (χ0n) is 9.06. The van der Waals surface area contributed by atoms with E-state index < -0.39 is 6.17 Å². The lowest BCUT2D eigenvalue weighted by atomic mass is 10.1. The lowest BCUT2D eigenvalue weighted by molar-refractivity contribution is -0.149. The molecule has 1 aromatic rings. The first kappa shape index (κ1) is 11.1. The molecule has 1 aromatic carbocycles. The normalized spacial score (nSPS) is 24.3. The molecule has 0 N–H and O–H groups in total. The number of esters is 1. The molecule has 2 rings (SSSR count). The molecule has 2 atom stereocenters. The van der Waals surface area contributed by atoms with Crippen molar-refractivity contribution in [1.29, 1.82) is 0 Å². The van der Waals surface area contributed by atoms with Gasteiger partial charge < -0.3 is 4.74 Å². The molecule has 16 heavy (non-hydrogen) atoms. The number of carbonyl (C=O) groups excluding carboxylic acids is 1. The summed E-state index contributed by atoms with van der Waals surface area (Å²) in [6.07, 6.45) is 0.613. The highest BCUT2D eigenvalue weighted by Crippen LogP contribution is 2.28. The van der Waals surface area contributed by atoms with Crippen LogP contribution in [0.25, 0.3) is 0 Å². The van der Waals surface area contributed by atoms with Crippen LogP contribution in [-0.4, -0.2) is 12.1 Å². The molecule has 0 aromatic heterocycles. The van der Waals surface area contributed by atoms with E-state index in [1.54, 1.807) is 0 Å². The van der Waals surface area contributed by atoms with Gasteiger partial charge in [0.05, 0.1) is 5.92 Å². The Kier molecular flexibility index (Phi) is 3.54. The van der Waals surface area contributed by atoms with Gasteiger partial charge in [0, 0.05) is 0 Å². The van der Waals surface area contributed by atoms with E-state index in [0.717, 1.165) is 5.56 Å². The SMILES string of the molecule is O=C(OCc1ccccc1)C1CC[C@H](F)C1. The molecule has 1 aliphatic carbocycles. The molecule has 2 nitrogen and oxygen atoms in total. The van der Waals surface area contributed by atoms with Crippen molar-refractivity contribution in [3.63, 3.8) is 0 Å². The lowest BCUT2D eigenvalue weighted by Crippen LogP contribution is -2.15. The summed E-state index contributed by atoms with van der Waals surface area (Å²) in [6.45, 7) is 0.285. The second-order valence-corrected chi connectivity index (χ2v) is 4.20. The summed E-state index contributed by atoms with van der Waals surface area (Å²) < 4.78 is 18.0. The number of ether oxygens (including phenoxy) is 1. The Morgan fingerprint density at radius 3 is 2.69 bits per heavy atom. The predicted octanol–water partition coefficient (Wildman–Crippen LogP) is 2.87. The Hall–Kier alpha value is -1.38. The van der Waals surface area contributed by atoms with Crippen molar-refractivity contribution >= 4 is 5.97 Å². The molecule has 1 fully saturated rings. The Morgan fingerprint density at radius 1 is 1.31 bits per heavy atom. The Labute approximate surface area is 94.4 Å². The Morgan fingerprint density at radius 2 is 2.06 bits per heavy atom. The van der Waals surface area contributed by atoms with Crippen molar-refractivity contribution < 1.29 is 13.9 Å². The largest absolute Gasteiger partial charge is 0.461 e. The van der Waals surface area contributed by atoms with Crippen LogP contribution in [-0.2, 0) is 16.1 Å². The van der Waals surface area contributed by atoms with Crippen LogP contribution in [0.2, 0.25) is 0 Å². The van der Waals surface area contributed by atoms with E-state index in [9.17, 15) is 9.18 Å². The molecule has 0 saturated heterocycles. The van der Waals surface area contributed by atoms with Gasteiger partial charge in [-0.2, -0.15) is 0 Å². The average molecular weight is 222 g/mol. The van der Waals surface area contributed by atoms with Crippen LogP contribution in [0, 0.1) is 5.92 Å². The summed E-state index contributed by atoms with van der Waals surface area (Å²) in [5.41, 5.74) is 0.964.